The van der Waals surface area contributed by atoms with Crippen molar-refractivity contribution in [2.45, 2.75) is 24.4 Å². The molecule has 4 aromatic rings. The molecule has 0 fully saturated rings. The molecule has 0 bridgehead atoms. The first-order valence-electron chi connectivity index (χ1n) is 9.79. The number of benzene rings is 1. The van der Waals surface area contributed by atoms with Gasteiger partial charge in [-0.1, -0.05) is 41.3 Å². The number of carbonyl (C=O) groups excluding carboxylic acids is 1. The summed E-state index contributed by atoms with van der Waals surface area (Å²) in [6.45, 7) is 2.18. The molecule has 10 heteroatoms. The summed E-state index contributed by atoms with van der Waals surface area (Å²) in [4.78, 5) is 12.5. The highest BCUT2D eigenvalue weighted by atomic mass is 32.2. The molecule has 3 aromatic heterocycles. The topological polar surface area (TPSA) is 114 Å². The van der Waals surface area contributed by atoms with Crippen LogP contribution in [0.1, 0.15) is 22.1 Å². The smallest absolute Gasteiger partial charge is 0.268 e. The van der Waals surface area contributed by atoms with Gasteiger partial charge in [-0.25, -0.2) is 0 Å². The predicted octanol–water partition coefficient (Wildman–Crippen LogP) is 5.45. The number of ether oxygens (including phenoxy) is 1. The zero-order valence-electron chi connectivity index (χ0n) is 17.5. The van der Waals surface area contributed by atoms with Gasteiger partial charge in [-0.2, -0.15) is 5.26 Å². The van der Waals surface area contributed by atoms with Gasteiger partial charge < -0.3 is 13.6 Å². The van der Waals surface area contributed by atoms with Crippen LogP contribution in [-0.4, -0.2) is 16.1 Å². The standard InChI is InChI=1S/C23H18N4O4S2/c1-15-5-2-3-7-19(15)30-13-20-26-27-23(33-20)25-22(28)16(12-24)11-17-8-9-21(31-17)32-14-18-6-4-10-29-18/h2-11H,13-14H2,1H3,(H,25,27,28). The number of aryl methyl sites for hydroxylation is 1. The maximum Gasteiger partial charge on any atom is 0.268 e. The Morgan fingerprint density at radius 2 is 2.12 bits per heavy atom. The Labute approximate surface area is 197 Å². The van der Waals surface area contributed by atoms with Crippen LogP contribution in [0.4, 0.5) is 5.13 Å². The highest BCUT2D eigenvalue weighted by molar-refractivity contribution is 7.98. The van der Waals surface area contributed by atoms with Gasteiger partial charge in [0.25, 0.3) is 5.91 Å². The van der Waals surface area contributed by atoms with E-state index in [9.17, 15) is 10.1 Å². The zero-order chi connectivity index (χ0) is 23.0. The summed E-state index contributed by atoms with van der Waals surface area (Å²) in [7, 11) is 0. The molecule has 33 heavy (non-hydrogen) atoms. The molecule has 0 aliphatic carbocycles. The summed E-state index contributed by atoms with van der Waals surface area (Å²) < 4.78 is 16.7. The Morgan fingerprint density at radius 1 is 1.24 bits per heavy atom. The molecule has 0 unspecified atom stereocenters. The van der Waals surface area contributed by atoms with Gasteiger partial charge in [0, 0.05) is 6.08 Å². The van der Waals surface area contributed by atoms with E-state index < -0.39 is 5.91 Å². The van der Waals surface area contributed by atoms with E-state index in [-0.39, 0.29) is 17.3 Å². The number of nitrogens with one attached hydrogen (secondary N) is 1. The van der Waals surface area contributed by atoms with Gasteiger partial charge >= 0.3 is 0 Å². The maximum absolute atomic E-state index is 12.5. The third kappa shape index (κ3) is 6.12. The van der Waals surface area contributed by atoms with Crippen LogP contribution in [0.2, 0.25) is 0 Å². The lowest BCUT2D eigenvalue weighted by molar-refractivity contribution is -0.112. The fourth-order valence-corrected chi connectivity index (χ4v) is 4.12. The van der Waals surface area contributed by atoms with Gasteiger partial charge in [0.1, 0.15) is 35.5 Å². The van der Waals surface area contributed by atoms with E-state index >= 15 is 0 Å². The molecular formula is C23H18N4O4S2. The highest BCUT2D eigenvalue weighted by Crippen LogP contribution is 2.26. The van der Waals surface area contributed by atoms with Gasteiger partial charge in [0.15, 0.2) is 10.1 Å². The molecule has 1 N–H and O–H groups in total. The molecular weight excluding hydrogens is 460 g/mol. The second kappa shape index (κ2) is 10.7. The Hall–Kier alpha value is -3.81. The van der Waals surface area contributed by atoms with E-state index in [0.29, 0.717) is 21.6 Å². The molecule has 1 aromatic carbocycles. The van der Waals surface area contributed by atoms with Gasteiger partial charge in [-0.3, -0.25) is 10.1 Å². The van der Waals surface area contributed by atoms with Crippen LogP contribution in [0.3, 0.4) is 0 Å². The van der Waals surface area contributed by atoms with Crippen LogP contribution in [0.15, 0.2) is 74.3 Å². The number of amides is 1. The zero-order valence-corrected chi connectivity index (χ0v) is 19.1. The minimum atomic E-state index is -0.596. The molecule has 0 aliphatic heterocycles. The quantitative estimate of drug-likeness (QED) is 0.192. The van der Waals surface area contributed by atoms with Crippen molar-refractivity contribution in [1.82, 2.24) is 10.2 Å². The normalized spacial score (nSPS) is 11.2. The first-order valence-corrected chi connectivity index (χ1v) is 11.6. The van der Waals surface area contributed by atoms with Crippen molar-refractivity contribution in [2.75, 3.05) is 5.32 Å². The largest absolute Gasteiger partial charge is 0.486 e. The van der Waals surface area contributed by atoms with Crippen molar-refractivity contribution in [3.8, 4) is 11.8 Å². The number of hydrogen-bond acceptors (Lipinski definition) is 9. The second-order valence-electron chi connectivity index (χ2n) is 6.70. The summed E-state index contributed by atoms with van der Waals surface area (Å²) in [5, 5.41) is 21.5. The number of rotatable bonds is 9. The third-order valence-electron chi connectivity index (χ3n) is 4.32. The third-order valence-corrected chi connectivity index (χ3v) is 6.07. The van der Waals surface area contributed by atoms with E-state index in [4.69, 9.17) is 13.6 Å². The number of para-hydroxylation sites is 1. The van der Waals surface area contributed by atoms with E-state index in [0.717, 1.165) is 17.1 Å². The highest BCUT2D eigenvalue weighted by Gasteiger charge is 2.14. The lowest BCUT2D eigenvalue weighted by atomic mass is 10.2. The van der Waals surface area contributed by atoms with E-state index in [1.54, 1.807) is 18.4 Å². The van der Waals surface area contributed by atoms with Crippen LogP contribution >= 0.6 is 23.1 Å². The lowest BCUT2D eigenvalue weighted by Gasteiger charge is -2.06. The number of nitrogens with zero attached hydrogens (tertiary/aromatic N) is 3. The molecule has 4 rings (SSSR count). The van der Waals surface area contributed by atoms with Crippen molar-refractivity contribution < 1.29 is 18.4 Å². The number of carbonyl (C=O) groups is 1. The van der Waals surface area contributed by atoms with Gasteiger partial charge in [-0.15, -0.1) is 10.2 Å². The fraction of sp³-hybridized carbons (Fsp3) is 0.130. The fourth-order valence-electron chi connectivity index (χ4n) is 2.70. The molecule has 0 saturated heterocycles. The number of furan rings is 2. The summed E-state index contributed by atoms with van der Waals surface area (Å²) in [5.74, 6) is 2.00. The molecule has 0 aliphatic rings. The maximum atomic E-state index is 12.5. The van der Waals surface area contributed by atoms with Gasteiger partial charge in [0.05, 0.1) is 12.0 Å². The van der Waals surface area contributed by atoms with E-state index in [2.05, 4.69) is 15.5 Å². The van der Waals surface area contributed by atoms with Crippen molar-refractivity contribution in [1.29, 1.82) is 5.26 Å². The molecule has 1 amide bonds. The Balaban J connectivity index is 1.34. The van der Waals surface area contributed by atoms with Gasteiger partial charge in [-0.05, 0) is 42.8 Å². The summed E-state index contributed by atoms with van der Waals surface area (Å²) in [5.41, 5.74) is 0.902. The van der Waals surface area contributed by atoms with Crippen molar-refractivity contribution in [3.05, 3.63) is 82.5 Å². The minimum absolute atomic E-state index is 0.111. The number of thioether (sulfide) groups is 1. The van der Waals surface area contributed by atoms with Crippen LogP contribution < -0.4 is 10.1 Å². The number of aromatic nitrogens is 2. The number of anilines is 1. The van der Waals surface area contributed by atoms with Crippen LogP contribution in [0, 0.1) is 18.3 Å². The minimum Gasteiger partial charge on any atom is -0.486 e. The lowest BCUT2D eigenvalue weighted by Crippen LogP contribution is -2.13. The van der Waals surface area contributed by atoms with Crippen molar-refractivity contribution in [3.63, 3.8) is 0 Å². The number of nitriles is 1. The monoisotopic (exact) mass is 478 g/mol. The predicted molar refractivity (Wildman–Crippen MR) is 125 cm³/mol. The number of hydrogen-bond donors (Lipinski definition) is 1. The first kappa shape index (κ1) is 22.4. The molecule has 3 heterocycles. The molecule has 166 valence electrons. The van der Waals surface area contributed by atoms with Gasteiger partial charge in [0.2, 0.25) is 5.13 Å². The van der Waals surface area contributed by atoms with E-state index in [1.165, 1.54) is 29.2 Å². The van der Waals surface area contributed by atoms with E-state index in [1.807, 2.05) is 49.4 Å². The molecule has 0 atom stereocenters. The molecule has 8 nitrogen and oxygen atoms in total. The van der Waals surface area contributed by atoms with Crippen molar-refractivity contribution >= 4 is 40.2 Å². The molecule has 0 saturated carbocycles. The summed E-state index contributed by atoms with van der Waals surface area (Å²) >= 11 is 2.63. The molecule has 0 spiro atoms. The average Bonchev–Trinajstić information content (AvgIpc) is 3.58. The molecule has 0 radical (unpaired) electrons. The Morgan fingerprint density at radius 3 is 2.91 bits per heavy atom. The SMILES string of the molecule is Cc1ccccc1OCc1nnc(NC(=O)C(C#N)=Cc2ccc(SCc3ccco3)o2)s1. The first-order chi connectivity index (χ1) is 16.1. The summed E-state index contributed by atoms with van der Waals surface area (Å²) in [6, 6.07) is 16.7. The Kier molecular flexibility index (Phi) is 7.24. The Bertz CT molecular complexity index is 1300. The van der Waals surface area contributed by atoms with Crippen LogP contribution in [0.5, 0.6) is 5.75 Å². The van der Waals surface area contributed by atoms with Crippen molar-refractivity contribution in [2.24, 2.45) is 0 Å². The van der Waals surface area contributed by atoms with Crippen LogP contribution in [-0.2, 0) is 17.2 Å². The average molecular weight is 479 g/mol. The second-order valence-corrected chi connectivity index (χ2v) is 8.75. The van der Waals surface area contributed by atoms with Crippen LogP contribution in [0.25, 0.3) is 6.08 Å². The summed E-state index contributed by atoms with van der Waals surface area (Å²) in [6.07, 6.45) is 3.00.